The Morgan fingerprint density at radius 3 is 3.08 bits per heavy atom. The molecule has 2 N–H and O–H groups in total. The SMILES string of the molecule is Oc1ccc2[nH]cnc(=S)c2c1. The van der Waals surface area contributed by atoms with E-state index < -0.39 is 0 Å². The van der Waals surface area contributed by atoms with Crippen molar-refractivity contribution in [2.24, 2.45) is 0 Å². The topological polar surface area (TPSA) is 48.9 Å². The number of aromatic amines is 1. The normalized spacial score (nSPS) is 10.3. The van der Waals surface area contributed by atoms with Gasteiger partial charge in [0.25, 0.3) is 0 Å². The van der Waals surface area contributed by atoms with Crippen LogP contribution in [0.2, 0.25) is 0 Å². The lowest BCUT2D eigenvalue weighted by Gasteiger charge is -1.96. The molecule has 0 atom stereocenters. The molecule has 0 aliphatic rings. The van der Waals surface area contributed by atoms with Crippen molar-refractivity contribution in [2.75, 3.05) is 0 Å². The van der Waals surface area contributed by atoms with Gasteiger partial charge in [-0.2, -0.15) is 0 Å². The third-order valence-electron chi connectivity index (χ3n) is 1.64. The summed E-state index contributed by atoms with van der Waals surface area (Å²) in [7, 11) is 0. The summed E-state index contributed by atoms with van der Waals surface area (Å²) in [5.74, 6) is 0.204. The van der Waals surface area contributed by atoms with Gasteiger partial charge in [-0.25, -0.2) is 4.98 Å². The summed E-state index contributed by atoms with van der Waals surface area (Å²) in [6, 6.07) is 4.97. The van der Waals surface area contributed by atoms with Crippen LogP contribution < -0.4 is 0 Å². The van der Waals surface area contributed by atoms with E-state index in [4.69, 9.17) is 17.3 Å². The smallest absolute Gasteiger partial charge is 0.137 e. The van der Waals surface area contributed by atoms with E-state index in [0.717, 1.165) is 10.9 Å². The number of H-pyrrole nitrogens is 1. The molecule has 0 bridgehead atoms. The summed E-state index contributed by atoms with van der Waals surface area (Å²) in [4.78, 5) is 6.83. The fourth-order valence-corrected chi connectivity index (χ4v) is 1.29. The monoisotopic (exact) mass is 178 g/mol. The van der Waals surface area contributed by atoms with E-state index in [0.29, 0.717) is 4.64 Å². The van der Waals surface area contributed by atoms with Crippen LogP contribution in [0, 0.1) is 4.64 Å². The molecule has 0 unspecified atom stereocenters. The predicted octanol–water partition coefficient (Wildman–Crippen LogP) is 2.00. The Morgan fingerprint density at radius 2 is 2.25 bits per heavy atom. The fraction of sp³-hybridized carbons (Fsp3) is 0. The Kier molecular flexibility index (Phi) is 1.55. The highest BCUT2D eigenvalue weighted by atomic mass is 32.1. The molecular formula is C8H6N2OS. The zero-order valence-corrected chi connectivity index (χ0v) is 6.93. The number of aromatic hydroxyl groups is 1. The lowest BCUT2D eigenvalue weighted by atomic mass is 10.2. The second kappa shape index (κ2) is 2.57. The first-order valence-electron chi connectivity index (χ1n) is 3.44. The molecule has 0 aliphatic heterocycles. The molecule has 3 nitrogen and oxygen atoms in total. The van der Waals surface area contributed by atoms with Crippen LogP contribution in [-0.2, 0) is 0 Å². The van der Waals surface area contributed by atoms with Crippen LogP contribution in [0.1, 0.15) is 0 Å². The second-order valence-corrected chi connectivity index (χ2v) is 2.82. The number of nitrogens with one attached hydrogen (secondary N) is 1. The number of phenolic OH excluding ortho intramolecular Hbond substituents is 1. The van der Waals surface area contributed by atoms with Gasteiger partial charge in [0.05, 0.1) is 6.33 Å². The van der Waals surface area contributed by atoms with Crippen molar-refractivity contribution in [3.05, 3.63) is 29.2 Å². The minimum absolute atomic E-state index is 0.204. The number of fused-ring (bicyclic) bond motifs is 1. The highest BCUT2D eigenvalue weighted by molar-refractivity contribution is 7.71. The molecule has 0 amide bonds. The highest BCUT2D eigenvalue weighted by Gasteiger charge is 1.95. The summed E-state index contributed by atoms with van der Waals surface area (Å²) in [6.45, 7) is 0. The molecule has 0 radical (unpaired) electrons. The average molecular weight is 178 g/mol. The first-order chi connectivity index (χ1) is 5.77. The summed E-state index contributed by atoms with van der Waals surface area (Å²) in [5.41, 5.74) is 0.882. The van der Waals surface area contributed by atoms with Crippen LogP contribution in [0.4, 0.5) is 0 Å². The lowest BCUT2D eigenvalue weighted by molar-refractivity contribution is 0.476. The molecule has 4 heteroatoms. The van der Waals surface area contributed by atoms with E-state index in [1.54, 1.807) is 24.5 Å². The van der Waals surface area contributed by atoms with Crippen molar-refractivity contribution >= 4 is 23.1 Å². The van der Waals surface area contributed by atoms with E-state index in [-0.39, 0.29) is 5.75 Å². The van der Waals surface area contributed by atoms with Gasteiger partial charge < -0.3 is 10.1 Å². The molecule has 2 aromatic rings. The zero-order valence-electron chi connectivity index (χ0n) is 6.11. The van der Waals surface area contributed by atoms with Crippen LogP contribution in [0.25, 0.3) is 10.9 Å². The average Bonchev–Trinajstić information content (AvgIpc) is 2.07. The van der Waals surface area contributed by atoms with Gasteiger partial charge in [-0.3, -0.25) is 0 Å². The lowest BCUT2D eigenvalue weighted by Crippen LogP contribution is -1.81. The van der Waals surface area contributed by atoms with Crippen molar-refractivity contribution in [3.63, 3.8) is 0 Å². The minimum Gasteiger partial charge on any atom is -0.508 e. The largest absolute Gasteiger partial charge is 0.508 e. The maximum atomic E-state index is 9.17. The molecule has 0 fully saturated rings. The highest BCUT2D eigenvalue weighted by Crippen LogP contribution is 2.17. The Morgan fingerprint density at radius 1 is 1.42 bits per heavy atom. The quantitative estimate of drug-likeness (QED) is 0.606. The summed E-state index contributed by atoms with van der Waals surface area (Å²) >= 11 is 4.97. The molecule has 1 heterocycles. The van der Waals surface area contributed by atoms with E-state index >= 15 is 0 Å². The number of phenols is 1. The van der Waals surface area contributed by atoms with Crippen LogP contribution in [-0.4, -0.2) is 15.1 Å². The maximum Gasteiger partial charge on any atom is 0.137 e. The molecule has 1 aromatic heterocycles. The summed E-state index contributed by atoms with van der Waals surface area (Å²) < 4.78 is 0.500. The number of rotatable bonds is 0. The standard InChI is InChI=1S/C8H6N2OS/c11-5-1-2-7-6(3-5)8(12)10-4-9-7/h1-4,11H,(H,9,10,12). The summed E-state index contributed by atoms with van der Waals surface area (Å²) in [6.07, 6.45) is 1.54. The zero-order chi connectivity index (χ0) is 8.55. The van der Waals surface area contributed by atoms with E-state index in [1.165, 1.54) is 0 Å². The van der Waals surface area contributed by atoms with Crippen molar-refractivity contribution in [3.8, 4) is 5.75 Å². The predicted molar refractivity (Wildman–Crippen MR) is 48.6 cm³/mol. The van der Waals surface area contributed by atoms with Gasteiger partial charge in [-0.05, 0) is 18.2 Å². The Balaban J connectivity index is 2.98. The molecule has 0 aliphatic carbocycles. The van der Waals surface area contributed by atoms with Gasteiger partial charge in [-0.15, -0.1) is 0 Å². The van der Waals surface area contributed by atoms with Crippen molar-refractivity contribution in [1.82, 2.24) is 9.97 Å². The van der Waals surface area contributed by atoms with Gasteiger partial charge in [0, 0.05) is 10.9 Å². The van der Waals surface area contributed by atoms with Crippen LogP contribution in [0.3, 0.4) is 0 Å². The van der Waals surface area contributed by atoms with Crippen LogP contribution in [0.5, 0.6) is 5.75 Å². The number of hydrogen-bond acceptors (Lipinski definition) is 3. The molecule has 0 spiro atoms. The molecule has 12 heavy (non-hydrogen) atoms. The first-order valence-corrected chi connectivity index (χ1v) is 3.84. The van der Waals surface area contributed by atoms with Crippen LogP contribution >= 0.6 is 12.2 Å². The third-order valence-corrected chi connectivity index (χ3v) is 1.96. The van der Waals surface area contributed by atoms with Crippen molar-refractivity contribution in [2.45, 2.75) is 0 Å². The summed E-state index contributed by atoms with van der Waals surface area (Å²) in [5, 5.41) is 9.94. The Hall–Kier alpha value is -1.42. The van der Waals surface area contributed by atoms with Crippen LogP contribution in [0.15, 0.2) is 24.5 Å². The first kappa shape index (κ1) is 7.24. The molecular weight excluding hydrogens is 172 g/mol. The number of aromatic nitrogens is 2. The van der Waals surface area contributed by atoms with Gasteiger partial charge in [0.2, 0.25) is 0 Å². The molecule has 1 aromatic carbocycles. The van der Waals surface area contributed by atoms with Gasteiger partial charge in [0.1, 0.15) is 10.4 Å². The third kappa shape index (κ3) is 1.06. The number of benzene rings is 1. The minimum atomic E-state index is 0.204. The van der Waals surface area contributed by atoms with Crippen molar-refractivity contribution in [1.29, 1.82) is 0 Å². The second-order valence-electron chi connectivity index (χ2n) is 2.44. The fourth-order valence-electron chi connectivity index (χ4n) is 1.07. The van der Waals surface area contributed by atoms with Gasteiger partial charge >= 0.3 is 0 Å². The van der Waals surface area contributed by atoms with Gasteiger partial charge in [-0.1, -0.05) is 12.2 Å². The van der Waals surface area contributed by atoms with Crippen molar-refractivity contribution < 1.29 is 5.11 Å². The number of hydrogen-bond donors (Lipinski definition) is 2. The maximum absolute atomic E-state index is 9.17. The van der Waals surface area contributed by atoms with E-state index in [9.17, 15) is 0 Å². The molecule has 60 valence electrons. The molecule has 0 saturated carbocycles. The Bertz CT molecular complexity index is 478. The van der Waals surface area contributed by atoms with Gasteiger partial charge in [0.15, 0.2) is 0 Å². The molecule has 0 saturated heterocycles. The van der Waals surface area contributed by atoms with E-state index in [2.05, 4.69) is 9.97 Å². The van der Waals surface area contributed by atoms with E-state index in [1.807, 2.05) is 0 Å². The Labute approximate surface area is 73.7 Å². The molecule has 2 rings (SSSR count). The number of nitrogens with zero attached hydrogens (tertiary/aromatic N) is 1.